The molecule has 1 unspecified atom stereocenters. The molecule has 0 bridgehead atoms. The molecule has 0 fully saturated rings. The fraction of sp³-hybridized carbons (Fsp3) is 0.273. The molecule has 8 heteroatoms. The number of para-hydroxylation sites is 1. The van der Waals surface area contributed by atoms with Crippen molar-refractivity contribution >= 4 is 39.7 Å². The Morgan fingerprint density at radius 1 is 1.23 bits per heavy atom. The molecule has 0 saturated carbocycles. The zero-order valence-corrected chi connectivity index (χ0v) is 17.8. The molecule has 5 rings (SSSR count). The zero-order chi connectivity index (χ0) is 20.9. The molecule has 1 aromatic carbocycles. The largest absolute Gasteiger partial charge is 0.360 e. The van der Waals surface area contributed by atoms with E-state index in [2.05, 4.69) is 46.5 Å². The number of amides is 1. The topological polar surface area (TPSA) is 84.7 Å². The third kappa shape index (κ3) is 3.23. The van der Waals surface area contributed by atoms with Crippen LogP contribution < -0.4 is 10.6 Å². The number of pyridine rings is 1. The molecule has 152 valence electrons. The zero-order valence-electron chi connectivity index (χ0n) is 17.0. The quantitative estimate of drug-likeness (QED) is 0.502. The number of fused-ring (bicyclic) bond motifs is 2. The maximum absolute atomic E-state index is 13.1. The number of rotatable bonds is 3. The SMILES string of the molecule is Cc1cnc(C2CC(C)(C)n3ncc(C(=O)Nc4cnc5ccccc5c4)c3N2)s1. The van der Waals surface area contributed by atoms with E-state index in [1.54, 1.807) is 23.7 Å². The number of aromatic nitrogens is 4. The number of nitrogens with zero attached hydrogens (tertiary/aromatic N) is 4. The monoisotopic (exact) mass is 418 g/mol. The summed E-state index contributed by atoms with van der Waals surface area (Å²) in [6.45, 7) is 6.31. The number of carbonyl (C=O) groups is 1. The lowest BCUT2D eigenvalue weighted by Gasteiger charge is -2.37. The summed E-state index contributed by atoms with van der Waals surface area (Å²) in [7, 11) is 0. The maximum atomic E-state index is 13.1. The Hall–Kier alpha value is -3.26. The van der Waals surface area contributed by atoms with Gasteiger partial charge in [0.25, 0.3) is 5.91 Å². The van der Waals surface area contributed by atoms with Gasteiger partial charge in [-0.25, -0.2) is 9.67 Å². The molecule has 0 spiro atoms. The van der Waals surface area contributed by atoms with E-state index in [-0.39, 0.29) is 17.5 Å². The number of benzene rings is 1. The highest BCUT2D eigenvalue weighted by atomic mass is 32.1. The highest BCUT2D eigenvalue weighted by Gasteiger charge is 2.37. The Morgan fingerprint density at radius 3 is 2.87 bits per heavy atom. The predicted molar refractivity (Wildman–Crippen MR) is 119 cm³/mol. The number of thiazole rings is 1. The summed E-state index contributed by atoms with van der Waals surface area (Å²) >= 11 is 1.68. The van der Waals surface area contributed by atoms with E-state index in [1.165, 1.54) is 4.88 Å². The molecule has 0 radical (unpaired) electrons. The smallest absolute Gasteiger partial charge is 0.261 e. The van der Waals surface area contributed by atoms with Crippen LogP contribution in [0.5, 0.6) is 0 Å². The number of hydrogen-bond acceptors (Lipinski definition) is 6. The first kappa shape index (κ1) is 18.7. The van der Waals surface area contributed by atoms with E-state index >= 15 is 0 Å². The summed E-state index contributed by atoms with van der Waals surface area (Å²) < 4.78 is 1.90. The summed E-state index contributed by atoms with van der Waals surface area (Å²) in [5.41, 5.74) is 1.81. The fourth-order valence-corrected chi connectivity index (χ4v) is 4.76. The molecule has 4 aromatic rings. The number of nitrogens with one attached hydrogen (secondary N) is 2. The Kier molecular flexibility index (Phi) is 4.32. The third-order valence-electron chi connectivity index (χ3n) is 5.39. The molecular weight excluding hydrogens is 396 g/mol. The Morgan fingerprint density at radius 2 is 2.07 bits per heavy atom. The van der Waals surface area contributed by atoms with Crippen molar-refractivity contribution in [3.05, 3.63) is 64.4 Å². The second-order valence-electron chi connectivity index (χ2n) is 8.21. The van der Waals surface area contributed by atoms with E-state index in [0.29, 0.717) is 11.3 Å². The highest BCUT2D eigenvalue weighted by molar-refractivity contribution is 7.11. The highest BCUT2D eigenvalue weighted by Crippen LogP contribution is 2.40. The van der Waals surface area contributed by atoms with Gasteiger partial charge in [-0.2, -0.15) is 5.10 Å². The average molecular weight is 419 g/mol. The Bertz CT molecular complexity index is 1260. The van der Waals surface area contributed by atoms with Crippen LogP contribution >= 0.6 is 11.3 Å². The van der Waals surface area contributed by atoms with Gasteiger partial charge in [0.15, 0.2) is 0 Å². The molecular formula is C22H22N6OS. The van der Waals surface area contributed by atoms with Crippen LogP contribution in [0.15, 0.2) is 48.9 Å². The molecule has 1 atom stereocenters. The molecule has 0 aliphatic carbocycles. The standard InChI is InChI=1S/C22H22N6OS/c1-13-10-24-21(30-13)18-9-22(2,3)28-19(27-18)16(12-25-28)20(29)26-15-8-14-6-4-5-7-17(14)23-11-15/h4-8,10-12,18,27H,9H2,1-3H3,(H,26,29). The summed E-state index contributed by atoms with van der Waals surface area (Å²) in [5, 5.41) is 13.0. The van der Waals surface area contributed by atoms with Crippen LogP contribution in [0, 0.1) is 6.92 Å². The second-order valence-corrected chi connectivity index (χ2v) is 9.48. The first-order valence-corrected chi connectivity index (χ1v) is 10.7. The van der Waals surface area contributed by atoms with Crippen LogP contribution in [-0.4, -0.2) is 25.7 Å². The van der Waals surface area contributed by atoms with E-state index in [4.69, 9.17) is 0 Å². The van der Waals surface area contributed by atoms with Crippen molar-refractivity contribution in [2.75, 3.05) is 10.6 Å². The predicted octanol–water partition coefficient (Wildman–Crippen LogP) is 4.74. The van der Waals surface area contributed by atoms with E-state index in [1.807, 2.05) is 41.2 Å². The second kappa shape index (κ2) is 6.91. The first-order valence-electron chi connectivity index (χ1n) is 9.84. The van der Waals surface area contributed by atoms with Crippen LogP contribution in [-0.2, 0) is 5.54 Å². The van der Waals surface area contributed by atoms with Crippen molar-refractivity contribution in [2.24, 2.45) is 0 Å². The number of carbonyl (C=O) groups excluding carboxylic acids is 1. The number of anilines is 2. The minimum Gasteiger partial charge on any atom is -0.360 e. The lowest BCUT2D eigenvalue weighted by atomic mass is 9.93. The van der Waals surface area contributed by atoms with E-state index in [9.17, 15) is 4.79 Å². The van der Waals surface area contributed by atoms with Gasteiger partial charge in [-0.1, -0.05) is 18.2 Å². The van der Waals surface area contributed by atoms with Gasteiger partial charge < -0.3 is 10.6 Å². The molecule has 3 aromatic heterocycles. The van der Waals surface area contributed by atoms with Gasteiger partial charge in [0.05, 0.1) is 35.2 Å². The minimum absolute atomic E-state index is 0.0387. The first-order chi connectivity index (χ1) is 14.4. The van der Waals surface area contributed by atoms with Crippen molar-refractivity contribution in [3.63, 3.8) is 0 Å². The minimum atomic E-state index is -0.242. The van der Waals surface area contributed by atoms with E-state index < -0.39 is 0 Å². The van der Waals surface area contributed by atoms with Crippen LogP contribution in [0.25, 0.3) is 10.9 Å². The molecule has 7 nitrogen and oxygen atoms in total. The van der Waals surface area contributed by atoms with Gasteiger partial charge in [-0.15, -0.1) is 11.3 Å². The van der Waals surface area contributed by atoms with Crippen molar-refractivity contribution in [2.45, 2.75) is 38.8 Å². The molecule has 30 heavy (non-hydrogen) atoms. The Labute approximate surface area is 178 Å². The van der Waals surface area contributed by atoms with Gasteiger partial charge in [0.1, 0.15) is 16.4 Å². The lowest BCUT2D eigenvalue weighted by Crippen LogP contribution is -2.38. The van der Waals surface area contributed by atoms with Gasteiger partial charge in [-0.3, -0.25) is 9.78 Å². The van der Waals surface area contributed by atoms with Crippen LogP contribution in [0.2, 0.25) is 0 Å². The van der Waals surface area contributed by atoms with Gasteiger partial charge in [-0.05, 0) is 39.3 Å². The Balaban J connectivity index is 1.46. The van der Waals surface area contributed by atoms with Crippen molar-refractivity contribution < 1.29 is 4.79 Å². The van der Waals surface area contributed by atoms with Crippen molar-refractivity contribution in [1.29, 1.82) is 0 Å². The molecule has 2 N–H and O–H groups in total. The summed E-state index contributed by atoms with van der Waals surface area (Å²) in [6, 6.07) is 9.79. The van der Waals surface area contributed by atoms with Crippen molar-refractivity contribution in [1.82, 2.24) is 19.7 Å². The summed E-state index contributed by atoms with van der Waals surface area (Å²) in [5.74, 6) is 0.503. The van der Waals surface area contributed by atoms with Crippen molar-refractivity contribution in [3.8, 4) is 0 Å². The van der Waals surface area contributed by atoms with Crippen LogP contribution in [0.1, 0.15) is 46.6 Å². The normalized spacial score (nSPS) is 17.4. The van der Waals surface area contributed by atoms with Gasteiger partial charge in [0, 0.05) is 16.5 Å². The summed E-state index contributed by atoms with van der Waals surface area (Å²) in [6.07, 6.45) is 6.03. The van der Waals surface area contributed by atoms with Gasteiger partial charge >= 0.3 is 0 Å². The van der Waals surface area contributed by atoms with E-state index in [0.717, 1.165) is 28.1 Å². The molecule has 1 amide bonds. The number of aryl methyl sites for hydroxylation is 1. The molecule has 1 aliphatic rings. The van der Waals surface area contributed by atoms with Gasteiger partial charge in [0.2, 0.25) is 0 Å². The van der Waals surface area contributed by atoms with Crippen LogP contribution in [0.4, 0.5) is 11.5 Å². The lowest BCUT2D eigenvalue weighted by molar-refractivity contribution is 0.102. The molecule has 1 aliphatic heterocycles. The molecule has 0 saturated heterocycles. The third-order valence-corrected chi connectivity index (χ3v) is 6.41. The molecule has 4 heterocycles. The van der Waals surface area contributed by atoms with Crippen LogP contribution in [0.3, 0.4) is 0 Å². The fourth-order valence-electron chi connectivity index (χ4n) is 3.93. The number of hydrogen-bond donors (Lipinski definition) is 2. The summed E-state index contributed by atoms with van der Waals surface area (Å²) in [4.78, 5) is 23.2. The average Bonchev–Trinajstić information content (AvgIpc) is 3.34. The maximum Gasteiger partial charge on any atom is 0.261 e.